The fraction of sp³-hybridized carbons (Fsp3) is 0.0588. The van der Waals surface area contributed by atoms with Crippen LogP contribution < -0.4 is 10.7 Å². The van der Waals surface area contributed by atoms with E-state index in [0.29, 0.717) is 0 Å². The van der Waals surface area contributed by atoms with Crippen molar-refractivity contribution in [1.82, 2.24) is 4.83 Å². The van der Waals surface area contributed by atoms with Crippen LogP contribution in [0.25, 0.3) is 21.9 Å². The van der Waals surface area contributed by atoms with Crippen molar-refractivity contribution < 1.29 is 8.42 Å². The number of fused-ring (bicyclic) bond motifs is 1. The van der Waals surface area contributed by atoms with Crippen LogP contribution in [0, 0.1) is 0 Å². The summed E-state index contributed by atoms with van der Waals surface area (Å²) in [6.07, 6.45) is 0. The molecule has 22 heavy (non-hydrogen) atoms. The summed E-state index contributed by atoms with van der Waals surface area (Å²) in [6.45, 7) is 0. The van der Waals surface area contributed by atoms with Gasteiger partial charge in [0.25, 0.3) is 0 Å². The van der Waals surface area contributed by atoms with Crippen LogP contribution in [0.15, 0.2) is 66.7 Å². The SMILES string of the molecule is NNS(=O)(=O)Cc1ccccc1-c1cccc2ccccc12. The lowest BCUT2D eigenvalue weighted by molar-refractivity contribution is 0.583. The smallest absolute Gasteiger partial charge is 0.228 e. The van der Waals surface area contributed by atoms with Gasteiger partial charge in [0, 0.05) is 0 Å². The van der Waals surface area contributed by atoms with Crippen molar-refractivity contribution in [2.24, 2.45) is 5.84 Å². The predicted octanol–water partition coefficient (Wildman–Crippen LogP) is 2.80. The van der Waals surface area contributed by atoms with Crippen molar-refractivity contribution in [2.45, 2.75) is 5.75 Å². The Kier molecular flexibility index (Phi) is 3.94. The minimum absolute atomic E-state index is 0.150. The fourth-order valence-electron chi connectivity index (χ4n) is 2.62. The summed E-state index contributed by atoms with van der Waals surface area (Å²) < 4.78 is 23.6. The Bertz CT molecular complexity index is 915. The summed E-state index contributed by atoms with van der Waals surface area (Å²) in [6, 6.07) is 21.5. The molecule has 0 aliphatic rings. The summed E-state index contributed by atoms with van der Waals surface area (Å²) in [5, 5.41) is 2.21. The summed E-state index contributed by atoms with van der Waals surface area (Å²) >= 11 is 0. The van der Waals surface area contributed by atoms with Crippen LogP contribution in [0.3, 0.4) is 0 Å². The zero-order valence-electron chi connectivity index (χ0n) is 11.9. The van der Waals surface area contributed by atoms with Gasteiger partial charge in [0.1, 0.15) is 0 Å². The topological polar surface area (TPSA) is 72.2 Å². The van der Waals surface area contributed by atoms with E-state index in [-0.39, 0.29) is 5.75 Å². The van der Waals surface area contributed by atoms with Gasteiger partial charge in [0.2, 0.25) is 10.0 Å². The highest BCUT2D eigenvalue weighted by Gasteiger charge is 2.14. The van der Waals surface area contributed by atoms with E-state index in [2.05, 4.69) is 0 Å². The molecular formula is C17H16N2O2S. The first-order valence-electron chi connectivity index (χ1n) is 6.87. The molecule has 0 unspecified atom stereocenters. The van der Waals surface area contributed by atoms with Crippen LogP contribution in [0.1, 0.15) is 5.56 Å². The number of nitrogens with two attached hydrogens (primary N) is 1. The molecule has 3 aromatic carbocycles. The third-order valence-electron chi connectivity index (χ3n) is 3.62. The molecule has 0 bridgehead atoms. The molecule has 0 fully saturated rings. The molecule has 112 valence electrons. The molecule has 0 amide bonds. The molecule has 3 aromatic rings. The Labute approximate surface area is 129 Å². The van der Waals surface area contributed by atoms with Gasteiger partial charge in [-0.1, -0.05) is 66.7 Å². The summed E-state index contributed by atoms with van der Waals surface area (Å²) in [5.74, 6) is 4.95. The largest absolute Gasteiger partial charge is 0.258 e. The fourth-order valence-corrected chi connectivity index (χ4v) is 3.36. The summed E-state index contributed by atoms with van der Waals surface area (Å²) in [7, 11) is -3.53. The predicted molar refractivity (Wildman–Crippen MR) is 89.3 cm³/mol. The average Bonchev–Trinajstić information content (AvgIpc) is 2.55. The molecule has 4 nitrogen and oxygen atoms in total. The normalized spacial score (nSPS) is 11.7. The first kappa shape index (κ1) is 14.7. The van der Waals surface area contributed by atoms with E-state index in [1.165, 1.54) is 0 Å². The van der Waals surface area contributed by atoms with E-state index >= 15 is 0 Å². The zero-order valence-corrected chi connectivity index (χ0v) is 12.7. The molecule has 0 aliphatic heterocycles. The van der Waals surface area contributed by atoms with Gasteiger partial charge in [0.05, 0.1) is 5.75 Å². The van der Waals surface area contributed by atoms with E-state index in [0.717, 1.165) is 27.5 Å². The van der Waals surface area contributed by atoms with E-state index in [4.69, 9.17) is 5.84 Å². The Balaban J connectivity index is 2.20. The van der Waals surface area contributed by atoms with Gasteiger partial charge >= 0.3 is 0 Å². The van der Waals surface area contributed by atoms with Crippen molar-refractivity contribution >= 4 is 20.8 Å². The van der Waals surface area contributed by atoms with Crippen LogP contribution in [0.2, 0.25) is 0 Å². The van der Waals surface area contributed by atoms with Gasteiger partial charge in [-0.25, -0.2) is 8.42 Å². The molecule has 0 aromatic heterocycles. The van der Waals surface area contributed by atoms with Crippen molar-refractivity contribution in [3.05, 3.63) is 72.3 Å². The van der Waals surface area contributed by atoms with Crippen molar-refractivity contribution in [2.75, 3.05) is 0 Å². The lowest BCUT2D eigenvalue weighted by atomic mass is 9.95. The average molecular weight is 312 g/mol. The molecular weight excluding hydrogens is 296 g/mol. The molecule has 0 radical (unpaired) electrons. The molecule has 3 rings (SSSR count). The van der Waals surface area contributed by atoms with E-state index in [9.17, 15) is 8.42 Å². The number of hydrazine groups is 1. The first-order chi connectivity index (χ1) is 10.6. The summed E-state index contributed by atoms with van der Waals surface area (Å²) in [5.41, 5.74) is 2.64. The van der Waals surface area contributed by atoms with Gasteiger partial charge in [-0.2, -0.15) is 4.83 Å². The molecule has 0 atom stereocenters. The second-order valence-electron chi connectivity index (χ2n) is 5.06. The third kappa shape index (κ3) is 2.87. The number of rotatable bonds is 4. The molecule has 0 saturated carbocycles. The standard InChI is InChI=1S/C17H16N2O2S/c18-19-22(20,21)12-14-7-2-4-10-16(14)17-11-5-8-13-6-1-3-9-15(13)17/h1-11,19H,12,18H2. The minimum Gasteiger partial charge on any atom is -0.258 e. The van der Waals surface area contributed by atoms with Gasteiger partial charge < -0.3 is 0 Å². The maximum absolute atomic E-state index is 11.8. The van der Waals surface area contributed by atoms with Gasteiger partial charge in [-0.15, -0.1) is 0 Å². The zero-order chi connectivity index (χ0) is 15.6. The second-order valence-corrected chi connectivity index (χ2v) is 6.81. The highest BCUT2D eigenvalue weighted by molar-refractivity contribution is 7.88. The summed E-state index contributed by atoms with van der Waals surface area (Å²) in [4.78, 5) is 1.88. The Morgan fingerprint density at radius 3 is 2.27 bits per heavy atom. The third-order valence-corrected chi connectivity index (χ3v) is 4.67. The lowest BCUT2D eigenvalue weighted by Crippen LogP contribution is -2.31. The first-order valence-corrected chi connectivity index (χ1v) is 8.52. The molecule has 5 heteroatoms. The molecule has 3 N–H and O–H groups in total. The van der Waals surface area contributed by atoms with Crippen molar-refractivity contribution in [3.8, 4) is 11.1 Å². The van der Waals surface area contributed by atoms with Gasteiger partial charge in [-0.05, 0) is 27.5 Å². The van der Waals surface area contributed by atoms with E-state index < -0.39 is 10.0 Å². The maximum atomic E-state index is 11.8. The monoisotopic (exact) mass is 312 g/mol. The molecule has 0 saturated heterocycles. The van der Waals surface area contributed by atoms with Crippen LogP contribution >= 0.6 is 0 Å². The molecule has 0 spiro atoms. The number of hydrogen-bond donors (Lipinski definition) is 2. The van der Waals surface area contributed by atoms with Crippen LogP contribution in [0.4, 0.5) is 0 Å². The molecule has 0 heterocycles. The van der Waals surface area contributed by atoms with Crippen molar-refractivity contribution in [3.63, 3.8) is 0 Å². The quantitative estimate of drug-likeness (QED) is 0.575. The number of nitrogens with one attached hydrogen (secondary N) is 1. The van der Waals surface area contributed by atoms with Gasteiger partial charge in [0.15, 0.2) is 0 Å². The highest BCUT2D eigenvalue weighted by atomic mass is 32.2. The lowest BCUT2D eigenvalue weighted by Gasteiger charge is -2.12. The maximum Gasteiger partial charge on any atom is 0.228 e. The highest BCUT2D eigenvalue weighted by Crippen LogP contribution is 2.31. The Morgan fingerprint density at radius 1 is 0.818 bits per heavy atom. The molecule has 0 aliphatic carbocycles. The van der Waals surface area contributed by atoms with Gasteiger partial charge in [-0.3, -0.25) is 5.84 Å². The second kappa shape index (κ2) is 5.88. The number of hydrogen-bond acceptors (Lipinski definition) is 3. The Hall–Kier alpha value is -2.21. The van der Waals surface area contributed by atoms with Crippen LogP contribution in [-0.2, 0) is 15.8 Å². The van der Waals surface area contributed by atoms with E-state index in [1.54, 1.807) is 0 Å². The van der Waals surface area contributed by atoms with E-state index in [1.807, 2.05) is 71.6 Å². The van der Waals surface area contributed by atoms with Crippen molar-refractivity contribution in [1.29, 1.82) is 0 Å². The minimum atomic E-state index is -3.53. The van der Waals surface area contributed by atoms with Crippen LogP contribution in [0.5, 0.6) is 0 Å². The number of sulfonamides is 1. The van der Waals surface area contributed by atoms with Crippen LogP contribution in [-0.4, -0.2) is 8.42 Å². The Morgan fingerprint density at radius 2 is 1.45 bits per heavy atom. The number of benzene rings is 3.